The number of rotatable bonds is 5. The molecule has 2 aliphatic carbocycles. The molecule has 8 heteroatoms. The molecule has 0 saturated heterocycles. The SMILES string of the molecule is CC1=CC(=N)C=C(C)C(C)C1=C1c2ccc(N3CCc4ccccc4C3)n2[B]n2c1ccc2-[n+]1cc(CCC2C=CC=CC2)n[nH]1. The minimum atomic E-state index is 0.169. The molecule has 4 aliphatic rings. The molecular weight excluding hydrogens is 565 g/mol. The van der Waals surface area contributed by atoms with E-state index >= 15 is 0 Å². The molecule has 0 bridgehead atoms. The summed E-state index contributed by atoms with van der Waals surface area (Å²) in [4.78, 5) is 2.51. The Hall–Kier alpha value is -4.85. The van der Waals surface area contributed by atoms with Gasteiger partial charge in [0.2, 0.25) is 5.82 Å². The Morgan fingerprint density at radius 1 is 1.00 bits per heavy atom. The molecule has 8 rings (SSSR count). The van der Waals surface area contributed by atoms with Crippen LogP contribution in [-0.4, -0.2) is 39.1 Å². The fraction of sp³-hybridized carbons (Fsp3) is 0.289. The predicted molar refractivity (Wildman–Crippen MR) is 185 cm³/mol. The summed E-state index contributed by atoms with van der Waals surface area (Å²) < 4.78 is 6.74. The zero-order valence-electron chi connectivity index (χ0n) is 26.9. The summed E-state index contributed by atoms with van der Waals surface area (Å²) in [5, 5.41) is 16.6. The fourth-order valence-corrected chi connectivity index (χ4v) is 7.64. The smallest absolute Gasteiger partial charge is 0.354 e. The first-order valence-corrected chi connectivity index (χ1v) is 16.5. The third kappa shape index (κ3) is 4.96. The molecule has 2 unspecified atom stereocenters. The maximum absolute atomic E-state index is 8.57. The highest BCUT2D eigenvalue weighted by Crippen LogP contribution is 2.42. The number of aryl methyl sites for hydroxylation is 1. The van der Waals surface area contributed by atoms with Crippen molar-refractivity contribution in [3.05, 3.63) is 136 Å². The largest absolute Gasteiger partial charge is 0.503 e. The molecule has 0 amide bonds. The normalized spacial score (nSPS) is 22.1. The fourth-order valence-electron chi connectivity index (χ4n) is 7.64. The van der Waals surface area contributed by atoms with Crippen LogP contribution in [0.5, 0.6) is 0 Å². The standard InChI is InChI=1S/C38H39BN7/c1-25-21-31(40)22-26(2)37(27(25)3)38-33-15-17-35(43-20-19-29-11-7-8-12-30(29)23-43)45(33)39-46-34(38)16-18-36(46)44-24-32(41-42-44)14-13-28-9-5-4-6-10-28/h4-9,11-12,15-18,21-22,24,27-28,40H,10,13-14,19-20,23H2,1-3H3/p+1. The van der Waals surface area contributed by atoms with Crippen molar-refractivity contribution in [3.8, 4) is 5.82 Å². The van der Waals surface area contributed by atoms with Gasteiger partial charge in [0.15, 0.2) is 5.69 Å². The van der Waals surface area contributed by atoms with Gasteiger partial charge in [-0.25, -0.2) is 0 Å². The minimum absolute atomic E-state index is 0.169. The van der Waals surface area contributed by atoms with Crippen LogP contribution in [0, 0.1) is 17.2 Å². The molecule has 7 nitrogen and oxygen atoms in total. The summed E-state index contributed by atoms with van der Waals surface area (Å²) in [6.45, 7) is 8.46. The van der Waals surface area contributed by atoms with Gasteiger partial charge in [-0.1, -0.05) is 61.1 Å². The lowest BCUT2D eigenvalue weighted by atomic mass is 9.82. The zero-order chi connectivity index (χ0) is 31.4. The van der Waals surface area contributed by atoms with Crippen molar-refractivity contribution in [1.82, 2.24) is 19.3 Å². The van der Waals surface area contributed by atoms with Gasteiger partial charge in [0.1, 0.15) is 6.20 Å². The lowest BCUT2D eigenvalue weighted by Gasteiger charge is -2.33. The lowest BCUT2D eigenvalue weighted by molar-refractivity contribution is -0.663. The summed E-state index contributed by atoms with van der Waals surface area (Å²) in [5.74, 6) is 2.95. The summed E-state index contributed by atoms with van der Waals surface area (Å²) in [5.41, 5.74) is 11.6. The number of H-pyrrole nitrogens is 1. The van der Waals surface area contributed by atoms with Crippen LogP contribution in [0.3, 0.4) is 0 Å². The van der Waals surface area contributed by atoms with Gasteiger partial charge in [-0.05, 0) is 96.8 Å². The molecule has 1 aromatic carbocycles. The van der Waals surface area contributed by atoms with Crippen LogP contribution in [0.1, 0.15) is 61.8 Å². The van der Waals surface area contributed by atoms with Gasteiger partial charge in [0.05, 0.1) is 17.2 Å². The van der Waals surface area contributed by atoms with Gasteiger partial charge >= 0.3 is 7.55 Å². The number of anilines is 1. The second kappa shape index (κ2) is 11.5. The van der Waals surface area contributed by atoms with Gasteiger partial charge in [-0.15, -0.1) is 9.90 Å². The first-order chi connectivity index (χ1) is 22.4. The second-order valence-corrected chi connectivity index (χ2v) is 13.2. The number of aromatic nitrogens is 5. The Labute approximate surface area is 271 Å². The number of hydrogen-bond acceptors (Lipinski definition) is 3. The van der Waals surface area contributed by atoms with Crippen LogP contribution in [0.25, 0.3) is 11.4 Å². The van der Waals surface area contributed by atoms with Crippen molar-refractivity contribution < 1.29 is 4.68 Å². The molecule has 2 N–H and O–H groups in total. The van der Waals surface area contributed by atoms with Crippen molar-refractivity contribution in [1.29, 1.82) is 5.41 Å². The van der Waals surface area contributed by atoms with Crippen LogP contribution in [0.4, 0.5) is 5.82 Å². The Balaban J connectivity index is 1.22. The topological polar surface area (TPSA) is 69.5 Å². The second-order valence-electron chi connectivity index (χ2n) is 13.2. The monoisotopic (exact) mass is 605 g/mol. The molecule has 0 saturated carbocycles. The van der Waals surface area contributed by atoms with Crippen molar-refractivity contribution in [2.75, 3.05) is 11.4 Å². The molecular formula is C38H40BN7+. The third-order valence-electron chi connectivity index (χ3n) is 10.2. The molecule has 5 heterocycles. The number of allylic oxidation sites excluding steroid dienone is 9. The molecule has 46 heavy (non-hydrogen) atoms. The van der Waals surface area contributed by atoms with E-state index in [1.54, 1.807) is 0 Å². The molecule has 229 valence electrons. The van der Waals surface area contributed by atoms with Gasteiger partial charge in [0, 0.05) is 42.8 Å². The first kappa shape index (κ1) is 28.6. The van der Waals surface area contributed by atoms with Crippen LogP contribution >= 0.6 is 0 Å². The van der Waals surface area contributed by atoms with E-state index in [0.29, 0.717) is 11.6 Å². The van der Waals surface area contributed by atoms with Crippen molar-refractivity contribution in [2.24, 2.45) is 11.8 Å². The van der Waals surface area contributed by atoms with E-state index in [2.05, 4.69) is 131 Å². The molecule has 2 atom stereocenters. The number of nitrogens with zero attached hydrogens (tertiary/aromatic N) is 5. The van der Waals surface area contributed by atoms with Crippen LogP contribution in [0.15, 0.2) is 108 Å². The van der Waals surface area contributed by atoms with Crippen molar-refractivity contribution >= 4 is 24.7 Å². The highest BCUT2D eigenvalue weighted by atomic mass is 15.5. The van der Waals surface area contributed by atoms with Gasteiger partial charge < -0.3 is 14.8 Å². The van der Waals surface area contributed by atoms with E-state index in [9.17, 15) is 0 Å². The van der Waals surface area contributed by atoms with Gasteiger partial charge in [-0.2, -0.15) is 0 Å². The summed E-state index contributed by atoms with van der Waals surface area (Å²) in [7, 11) is 2.25. The van der Waals surface area contributed by atoms with E-state index < -0.39 is 0 Å². The quantitative estimate of drug-likeness (QED) is 0.177. The van der Waals surface area contributed by atoms with E-state index in [0.717, 1.165) is 61.6 Å². The number of benzene rings is 1. The number of nitrogens with one attached hydrogen (secondary N) is 2. The Kier molecular flexibility index (Phi) is 7.16. The number of hydrogen-bond donors (Lipinski definition) is 2. The Bertz CT molecular complexity index is 2010. The Morgan fingerprint density at radius 3 is 2.67 bits per heavy atom. The minimum Gasteiger partial charge on any atom is -0.354 e. The summed E-state index contributed by atoms with van der Waals surface area (Å²) in [6, 6.07) is 17.8. The molecule has 2 aliphatic heterocycles. The number of aromatic amines is 1. The predicted octanol–water partition coefficient (Wildman–Crippen LogP) is 6.52. The average molecular weight is 606 g/mol. The maximum atomic E-state index is 8.57. The molecule has 1 radical (unpaired) electrons. The first-order valence-electron chi connectivity index (χ1n) is 16.5. The summed E-state index contributed by atoms with van der Waals surface area (Å²) in [6.07, 6.45) is 19.2. The summed E-state index contributed by atoms with van der Waals surface area (Å²) >= 11 is 0. The van der Waals surface area contributed by atoms with Crippen LogP contribution < -0.4 is 9.58 Å². The van der Waals surface area contributed by atoms with E-state index in [4.69, 9.17) is 10.5 Å². The maximum Gasteiger partial charge on any atom is 0.503 e. The molecule has 3 aromatic heterocycles. The van der Waals surface area contributed by atoms with Crippen LogP contribution in [0.2, 0.25) is 0 Å². The molecule has 0 spiro atoms. The molecule has 0 fully saturated rings. The number of fused-ring (bicyclic) bond motifs is 3. The van der Waals surface area contributed by atoms with Gasteiger partial charge in [-0.3, -0.25) is 4.48 Å². The van der Waals surface area contributed by atoms with Crippen LogP contribution in [-0.2, 0) is 19.4 Å². The van der Waals surface area contributed by atoms with Crippen molar-refractivity contribution in [2.45, 2.75) is 53.0 Å². The third-order valence-corrected chi connectivity index (χ3v) is 10.2. The highest BCUT2D eigenvalue weighted by Gasteiger charge is 2.36. The van der Waals surface area contributed by atoms with Gasteiger partial charge in [0.25, 0.3) is 0 Å². The Morgan fingerprint density at radius 2 is 1.83 bits per heavy atom. The van der Waals surface area contributed by atoms with E-state index in [1.807, 2.05) is 12.2 Å². The average Bonchev–Trinajstić information content (AvgIpc) is 3.81. The van der Waals surface area contributed by atoms with Crippen molar-refractivity contribution in [3.63, 3.8) is 0 Å². The highest BCUT2D eigenvalue weighted by molar-refractivity contribution is 6.36. The molecule has 4 aromatic rings. The lowest BCUT2D eigenvalue weighted by Crippen LogP contribution is -2.40. The van der Waals surface area contributed by atoms with E-state index in [1.165, 1.54) is 39.4 Å². The zero-order valence-corrected chi connectivity index (χ0v) is 26.9. The van der Waals surface area contributed by atoms with E-state index in [-0.39, 0.29) is 5.92 Å².